The van der Waals surface area contributed by atoms with Crippen LogP contribution >= 0.6 is 11.6 Å². The zero-order valence-electron chi connectivity index (χ0n) is 23.6. The highest BCUT2D eigenvalue weighted by Crippen LogP contribution is 2.26. The van der Waals surface area contributed by atoms with E-state index in [0.717, 1.165) is 42.4 Å². The van der Waals surface area contributed by atoms with E-state index >= 15 is 0 Å². The second kappa shape index (κ2) is 14.2. The third-order valence-electron chi connectivity index (χ3n) is 7.60. The highest BCUT2D eigenvalue weighted by Gasteiger charge is 2.30. The summed E-state index contributed by atoms with van der Waals surface area (Å²) in [5.41, 5.74) is 3.40. The number of benzene rings is 2. The number of hydrogen-bond acceptors (Lipinski definition) is 4. The first-order valence-electron chi connectivity index (χ1n) is 13.9. The van der Waals surface area contributed by atoms with E-state index in [0.29, 0.717) is 23.6 Å². The van der Waals surface area contributed by atoms with Gasteiger partial charge >= 0.3 is 0 Å². The first kappa shape index (κ1) is 31.0. The first-order chi connectivity index (χ1) is 18.5. The number of sulfonamides is 1. The minimum Gasteiger partial charge on any atom is -0.352 e. The molecule has 1 N–H and O–H groups in total. The Balaban J connectivity index is 1.77. The van der Waals surface area contributed by atoms with Crippen LogP contribution in [-0.2, 0) is 26.2 Å². The van der Waals surface area contributed by atoms with Crippen molar-refractivity contribution < 1.29 is 18.0 Å². The van der Waals surface area contributed by atoms with Crippen LogP contribution in [0, 0.1) is 13.8 Å². The summed E-state index contributed by atoms with van der Waals surface area (Å²) in [6, 6.07) is 12.4. The lowest BCUT2D eigenvalue weighted by molar-refractivity contribution is -0.141. The molecule has 0 spiro atoms. The zero-order chi connectivity index (χ0) is 28.6. The Morgan fingerprint density at radius 2 is 1.72 bits per heavy atom. The molecule has 3 rings (SSSR count). The third-order valence-corrected chi connectivity index (χ3v) is 9.03. The van der Waals surface area contributed by atoms with E-state index in [-0.39, 0.29) is 37.4 Å². The third kappa shape index (κ3) is 8.70. The van der Waals surface area contributed by atoms with Gasteiger partial charge in [0.25, 0.3) is 0 Å². The summed E-state index contributed by atoms with van der Waals surface area (Å²) in [5, 5.41) is 3.79. The van der Waals surface area contributed by atoms with Crippen LogP contribution in [-0.4, -0.2) is 50.0 Å². The van der Waals surface area contributed by atoms with Gasteiger partial charge in [0.1, 0.15) is 6.04 Å². The number of rotatable bonds is 12. The van der Waals surface area contributed by atoms with Crippen LogP contribution in [0.15, 0.2) is 42.5 Å². The quantitative estimate of drug-likeness (QED) is 0.349. The van der Waals surface area contributed by atoms with Crippen molar-refractivity contribution in [2.75, 3.05) is 17.1 Å². The van der Waals surface area contributed by atoms with Gasteiger partial charge in [-0.25, -0.2) is 8.42 Å². The lowest BCUT2D eigenvalue weighted by Gasteiger charge is -2.33. The van der Waals surface area contributed by atoms with Gasteiger partial charge in [-0.1, -0.05) is 62.1 Å². The zero-order valence-corrected chi connectivity index (χ0v) is 25.2. The molecule has 1 saturated carbocycles. The number of hydrogen-bond donors (Lipinski definition) is 1. The van der Waals surface area contributed by atoms with E-state index in [9.17, 15) is 18.0 Å². The van der Waals surface area contributed by atoms with Crippen LogP contribution in [0.25, 0.3) is 0 Å². The number of aryl methyl sites for hydroxylation is 1. The Morgan fingerprint density at radius 1 is 1.05 bits per heavy atom. The lowest BCUT2D eigenvalue weighted by Crippen LogP contribution is -2.51. The molecule has 1 atom stereocenters. The summed E-state index contributed by atoms with van der Waals surface area (Å²) in [7, 11) is -3.55. The minimum absolute atomic E-state index is 0.123. The molecule has 0 radical (unpaired) electrons. The van der Waals surface area contributed by atoms with Gasteiger partial charge in [0, 0.05) is 30.6 Å². The van der Waals surface area contributed by atoms with Gasteiger partial charge in [0.05, 0.1) is 11.9 Å². The van der Waals surface area contributed by atoms with Gasteiger partial charge < -0.3 is 10.2 Å². The van der Waals surface area contributed by atoms with Crippen LogP contribution < -0.4 is 9.62 Å². The second-order valence-corrected chi connectivity index (χ2v) is 12.9. The summed E-state index contributed by atoms with van der Waals surface area (Å²) in [5.74, 6) is -0.301. The largest absolute Gasteiger partial charge is 0.352 e. The van der Waals surface area contributed by atoms with Gasteiger partial charge in [-0.2, -0.15) is 0 Å². The molecule has 0 bridgehead atoms. The van der Waals surface area contributed by atoms with Gasteiger partial charge in [0.15, 0.2) is 0 Å². The van der Waals surface area contributed by atoms with Crippen LogP contribution in [0.4, 0.5) is 5.69 Å². The summed E-state index contributed by atoms with van der Waals surface area (Å²) >= 11 is 6.07. The number of anilines is 1. The predicted molar refractivity (Wildman–Crippen MR) is 158 cm³/mol. The van der Waals surface area contributed by atoms with Gasteiger partial charge in [-0.3, -0.25) is 13.9 Å². The molecule has 0 aliphatic heterocycles. The Kier molecular flexibility index (Phi) is 11.2. The molecule has 2 aromatic carbocycles. The Morgan fingerprint density at radius 3 is 2.33 bits per heavy atom. The Hall–Kier alpha value is -2.58. The maximum Gasteiger partial charge on any atom is 0.243 e. The molecule has 214 valence electrons. The molecule has 7 nitrogen and oxygen atoms in total. The fourth-order valence-corrected chi connectivity index (χ4v) is 6.38. The molecular weight excluding hydrogens is 534 g/mol. The van der Waals surface area contributed by atoms with E-state index in [1.54, 1.807) is 23.1 Å². The van der Waals surface area contributed by atoms with Crippen molar-refractivity contribution in [3.63, 3.8) is 0 Å². The molecule has 9 heteroatoms. The molecule has 2 amide bonds. The van der Waals surface area contributed by atoms with Gasteiger partial charge in [-0.05, 0) is 74.4 Å². The molecule has 0 saturated heterocycles. The molecule has 2 aromatic rings. The normalized spacial score (nSPS) is 15.0. The standard InChI is InChI=1S/C30H42ClN3O4S/c1-5-27(30(36)32-26-12-7-6-8-13-26)33(21-24-16-18-25(31)19-17-24)29(35)15-10-20-34(39(4,37)38)28-14-9-11-22(2)23(28)3/h9,11,14,16-19,26-27H,5-8,10,12-13,15,20-21H2,1-4H3,(H,32,36). The molecule has 1 aliphatic carbocycles. The Bertz CT molecular complexity index is 1230. The predicted octanol–water partition coefficient (Wildman–Crippen LogP) is 5.76. The number of halogens is 1. The molecule has 1 aliphatic rings. The van der Waals surface area contributed by atoms with Crippen molar-refractivity contribution >= 4 is 39.1 Å². The highest BCUT2D eigenvalue weighted by molar-refractivity contribution is 7.92. The van der Waals surface area contributed by atoms with Crippen LogP contribution in [0.5, 0.6) is 0 Å². The van der Waals surface area contributed by atoms with Gasteiger partial charge in [0.2, 0.25) is 21.8 Å². The summed E-state index contributed by atoms with van der Waals surface area (Å²) in [4.78, 5) is 28.7. The van der Waals surface area contributed by atoms with Crippen molar-refractivity contribution in [2.45, 2.75) is 90.8 Å². The molecule has 39 heavy (non-hydrogen) atoms. The number of nitrogens with one attached hydrogen (secondary N) is 1. The minimum atomic E-state index is -3.55. The van der Waals surface area contributed by atoms with Crippen molar-refractivity contribution in [3.8, 4) is 0 Å². The van der Waals surface area contributed by atoms with E-state index in [4.69, 9.17) is 11.6 Å². The monoisotopic (exact) mass is 575 g/mol. The number of amides is 2. The molecule has 0 heterocycles. The highest BCUT2D eigenvalue weighted by atomic mass is 35.5. The summed E-state index contributed by atoms with van der Waals surface area (Å²) in [6.07, 6.45) is 7.45. The molecule has 1 unspecified atom stereocenters. The fraction of sp³-hybridized carbons (Fsp3) is 0.533. The second-order valence-electron chi connectivity index (χ2n) is 10.6. The molecular formula is C30H42ClN3O4S. The maximum absolute atomic E-state index is 13.7. The number of nitrogens with zero attached hydrogens (tertiary/aromatic N) is 2. The average Bonchev–Trinajstić information content (AvgIpc) is 2.89. The summed E-state index contributed by atoms with van der Waals surface area (Å²) in [6.45, 7) is 6.21. The fourth-order valence-electron chi connectivity index (χ4n) is 5.24. The maximum atomic E-state index is 13.7. The molecule has 0 aromatic heterocycles. The van der Waals surface area contributed by atoms with Crippen LogP contribution in [0.3, 0.4) is 0 Å². The van der Waals surface area contributed by atoms with Crippen molar-refractivity contribution in [2.24, 2.45) is 0 Å². The van der Waals surface area contributed by atoms with Crippen molar-refractivity contribution in [1.29, 1.82) is 0 Å². The van der Waals surface area contributed by atoms with E-state index in [1.807, 2.05) is 45.0 Å². The van der Waals surface area contributed by atoms with Crippen molar-refractivity contribution in [1.82, 2.24) is 10.2 Å². The smallest absolute Gasteiger partial charge is 0.243 e. The number of carbonyl (C=O) groups is 2. The number of carbonyl (C=O) groups excluding carboxylic acids is 2. The first-order valence-corrected chi connectivity index (χ1v) is 16.1. The van der Waals surface area contributed by atoms with Crippen LogP contribution in [0.1, 0.15) is 75.0 Å². The van der Waals surface area contributed by atoms with Gasteiger partial charge in [-0.15, -0.1) is 0 Å². The lowest BCUT2D eigenvalue weighted by atomic mass is 9.95. The Labute approximate surface area is 239 Å². The van der Waals surface area contributed by atoms with Crippen molar-refractivity contribution in [3.05, 3.63) is 64.2 Å². The summed E-state index contributed by atoms with van der Waals surface area (Å²) < 4.78 is 26.7. The van der Waals surface area contributed by atoms with E-state index in [2.05, 4.69) is 5.32 Å². The average molecular weight is 576 g/mol. The topological polar surface area (TPSA) is 86.8 Å². The van der Waals surface area contributed by atoms with Crippen LogP contribution in [0.2, 0.25) is 5.02 Å². The SMILES string of the molecule is CCC(C(=O)NC1CCCCC1)N(Cc1ccc(Cl)cc1)C(=O)CCCN(c1cccc(C)c1C)S(C)(=O)=O. The van der Waals surface area contributed by atoms with E-state index in [1.165, 1.54) is 17.0 Å². The van der Waals surface area contributed by atoms with E-state index < -0.39 is 16.1 Å². The molecule has 1 fully saturated rings.